The average molecular weight is 234 g/mol. The van der Waals surface area contributed by atoms with E-state index in [1.54, 1.807) is 0 Å². The zero-order valence-electron chi connectivity index (χ0n) is 6.37. The smallest absolute Gasteiger partial charge is 0.327 e. The van der Waals surface area contributed by atoms with Gasteiger partial charge in [-0.1, -0.05) is 13.8 Å². The van der Waals surface area contributed by atoms with Crippen LogP contribution in [-0.2, 0) is 0 Å². The van der Waals surface area contributed by atoms with Gasteiger partial charge in [-0.05, 0) is 21.8 Å². The van der Waals surface area contributed by atoms with Crippen molar-refractivity contribution in [3.05, 3.63) is 0 Å². The maximum Gasteiger partial charge on any atom is 0.336 e. The number of hydrogen-bond acceptors (Lipinski definition) is 1. The number of nitrogens with two attached hydrogens (primary N) is 1. The summed E-state index contributed by atoms with van der Waals surface area (Å²) in [6.07, 6.45) is 0. The second-order valence-corrected chi connectivity index (χ2v) is 3.72. The standard InChI is InChI=1S/C6H11BrF3N/c1-4(2)5(8,3-11)6(7,9)10/h4H,3,11H2,1-2H3. The zero-order valence-corrected chi connectivity index (χ0v) is 7.96. The molecule has 0 heterocycles. The Balaban J connectivity index is 4.61. The molecule has 0 radical (unpaired) electrons. The molecule has 0 bridgehead atoms. The van der Waals surface area contributed by atoms with Crippen LogP contribution in [0, 0.1) is 5.92 Å². The highest BCUT2D eigenvalue weighted by molar-refractivity contribution is 9.10. The van der Waals surface area contributed by atoms with Crippen LogP contribution in [0.2, 0.25) is 0 Å². The molecule has 0 aliphatic rings. The van der Waals surface area contributed by atoms with Crippen LogP contribution in [0.25, 0.3) is 0 Å². The fourth-order valence-electron chi connectivity index (χ4n) is 0.679. The molecule has 0 aliphatic heterocycles. The number of hydrogen-bond donors (Lipinski definition) is 1. The van der Waals surface area contributed by atoms with Crippen molar-refractivity contribution in [2.24, 2.45) is 11.7 Å². The number of halogens is 4. The van der Waals surface area contributed by atoms with Gasteiger partial charge in [-0.3, -0.25) is 0 Å². The van der Waals surface area contributed by atoms with Gasteiger partial charge in [0.05, 0.1) is 0 Å². The third kappa shape index (κ3) is 2.08. The Morgan fingerprint density at radius 2 is 1.73 bits per heavy atom. The first-order valence-corrected chi connectivity index (χ1v) is 4.00. The molecule has 0 fully saturated rings. The van der Waals surface area contributed by atoms with Crippen LogP contribution in [0.3, 0.4) is 0 Å². The topological polar surface area (TPSA) is 26.0 Å². The lowest BCUT2D eigenvalue weighted by Gasteiger charge is -2.31. The van der Waals surface area contributed by atoms with Gasteiger partial charge in [-0.2, -0.15) is 8.78 Å². The Morgan fingerprint density at radius 1 is 1.36 bits per heavy atom. The van der Waals surface area contributed by atoms with Gasteiger partial charge in [-0.15, -0.1) is 0 Å². The molecule has 5 heteroatoms. The zero-order chi connectivity index (χ0) is 9.28. The Kier molecular flexibility index (Phi) is 3.38. The van der Waals surface area contributed by atoms with Gasteiger partial charge < -0.3 is 5.73 Å². The third-order valence-electron chi connectivity index (χ3n) is 1.68. The number of alkyl halides is 4. The van der Waals surface area contributed by atoms with E-state index in [-0.39, 0.29) is 0 Å². The van der Waals surface area contributed by atoms with Crippen molar-refractivity contribution in [2.45, 2.75) is 24.3 Å². The lowest BCUT2D eigenvalue weighted by molar-refractivity contribution is -0.0800. The van der Waals surface area contributed by atoms with Gasteiger partial charge in [0, 0.05) is 6.54 Å². The van der Waals surface area contributed by atoms with Gasteiger partial charge in [0.2, 0.25) is 0 Å². The molecule has 68 valence electrons. The van der Waals surface area contributed by atoms with E-state index in [4.69, 9.17) is 5.73 Å². The first kappa shape index (κ1) is 11.2. The summed E-state index contributed by atoms with van der Waals surface area (Å²) in [5.41, 5.74) is 2.25. The first-order chi connectivity index (χ1) is 4.75. The van der Waals surface area contributed by atoms with E-state index in [0.717, 1.165) is 0 Å². The second-order valence-electron chi connectivity index (χ2n) is 2.72. The molecule has 0 rings (SSSR count). The summed E-state index contributed by atoms with van der Waals surface area (Å²) >= 11 is 1.97. The summed E-state index contributed by atoms with van der Waals surface area (Å²) in [7, 11) is 0. The third-order valence-corrected chi connectivity index (χ3v) is 2.34. The largest absolute Gasteiger partial charge is 0.336 e. The van der Waals surface area contributed by atoms with Crippen molar-refractivity contribution >= 4 is 15.9 Å². The van der Waals surface area contributed by atoms with Crippen molar-refractivity contribution < 1.29 is 13.2 Å². The molecule has 0 saturated carbocycles. The summed E-state index contributed by atoms with van der Waals surface area (Å²) in [6, 6.07) is 0. The lowest BCUT2D eigenvalue weighted by atomic mass is 9.93. The molecule has 0 aromatic rings. The van der Waals surface area contributed by atoms with Gasteiger partial charge in [0.25, 0.3) is 0 Å². The molecular weight excluding hydrogens is 223 g/mol. The summed E-state index contributed by atoms with van der Waals surface area (Å²) in [5.74, 6) is -0.818. The molecule has 1 atom stereocenters. The van der Waals surface area contributed by atoms with E-state index >= 15 is 0 Å². The molecule has 0 spiro atoms. The van der Waals surface area contributed by atoms with Crippen LogP contribution in [0.1, 0.15) is 13.8 Å². The highest BCUT2D eigenvalue weighted by Gasteiger charge is 2.54. The van der Waals surface area contributed by atoms with Crippen LogP contribution in [0.4, 0.5) is 13.2 Å². The van der Waals surface area contributed by atoms with E-state index < -0.39 is 23.0 Å². The molecule has 11 heavy (non-hydrogen) atoms. The van der Waals surface area contributed by atoms with E-state index in [1.165, 1.54) is 13.8 Å². The Bertz CT molecular complexity index is 134. The maximum atomic E-state index is 13.2. The quantitative estimate of drug-likeness (QED) is 0.745. The van der Waals surface area contributed by atoms with Crippen molar-refractivity contribution in [2.75, 3.05) is 6.54 Å². The van der Waals surface area contributed by atoms with Crippen LogP contribution in [0.15, 0.2) is 0 Å². The molecule has 0 aromatic heterocycles. The van der Waals surface area contributed by atoms with Crippen LogP contribution < -0.4 is 5.73 Å². The maximum absolute atomic E-state index is 13.2. The molecule has 0 amide bonds. The van der Waals surface area contributed by atoms with Crippen LogP contribution in [-0.4, -0.2) is 17.0 Å². The minimum absolute atomic E-state index is 0.692. The monoisotopic (exact) mass is 233 g/mol. The van der Waals surface area contributed by atoms with Gasteiger partial charge in [-0.25, -0.2) is 4.39 Å². The summed E-state index contributed by atoms with van der Waals surface area (Å²) in [6.45, 7) is 2.03. The molecule has 1 nitrogen and oxygen atoms in total. The molecular formula is C6H11BrF3N. The summed E-state index contributed by atoms with van der Waals surface area (Å²) in [4.78, 5) is -3.55. The fraction of sp³-hybridized carbons (Fsp3) is 1.00. The minimum atomic E-state index is -3.55. The van der Waals surface area contributed by atoms with Gasteiger partial charge in [0.15, 0.2) is 5.67 Å². The molecule has 1 unspecified atom stereocenters. The predicted molar refractivity (Wildman–Crippen MR) is 41.6 cm³/mol. The average Bonchev–Trinajstić information content (AvgIpc) is 1.83. The molecule has 2 N–H and O–H groups in total. The lowest BCUT2D eigenvalue weighted by Crippen LogP contribution is -2.50. The molecule has 0 saturated heterocycles. The van der Waals surface area contributed by atoms with E-state index in [0.29, 0.717) is 0 Å². The van der Waals surface area contributed by atoms with Crippen LogP contribution in [0.5, 0.6) is 0 Å². The second kappa shape index (κ2) is 3.31. The normalized spacial score (nSPS) is 18.5. The van der Waals surface area contributed by atoms with Crippen molar-refractivity contribution in [1.82, 2.24) is 0 Å². The van der Waals surface area contributed by atoms with E-state index in [1.807, 2.05) is 15.9 Å². The van der Waals surface area contributed by atoms with Gasteiger partial charge >= 0.3 is 4.83 Å². The van der Waals surface area contributed by atoms with Crippen molar-refractivity contribution in [3.63, 3.8) is 0 Å². The van der Waals surface area contributed by atoms with Crippen molar-refractivity contribution in [3.8, 4) is 0 Å². The first-order valence-electron chi connectivity index (χ1n) is 3.21. The van der Waals surface area contributed by atoms with Gasteiger partial charge in [0.1, 0.15) is 0 Å². The summed E-state index contributed by atoms with van der Waals surface area (Å²) in [5, 5.41) is 0. The highest BCUT2D eigenvalue weighted by Crippen LogP contribution is 2.42. The Labute approximate surface area is 72.3 Å². The minimum Gasteiger partial charge on any atom is -0.327 e. The fourth-order valence-corrected chi connectivity index (χ4v) is 1.30. The van der Waals surface area contributed by atoms with E-state index in [2.05, 4.69) is 0 Å². The Morgan fingerprint density at radius 3 is 1.73 bits per heavy atom. The molecule has 0 aromatic carbocycles. The molecule has 0 aliphatic carbocycles. The highest BCUT2D eigenvalue weighted by atomic mass is 79.9. The summed E-state index contributed by atoms with van der Waals surface area (Å²) < 4.78 is 38.2. The predicted octanol–water partition coefficient (Wildman–Crippen LogP) is 2.30. The number of rotatable bonds is 3. The van der Waals surface area contributed by atoms with E-state index in [9.17, 15) is 13.2 Å². The van der Waals surface area contributed by atoms with Crippen LogP contribution >= 0.6 is 15.9 Å². The SMILES string of the molecule is CC(C)C(F)(CN)C(F)(F)Br. The van der Waals surface area contributed by atoms with Crippen molar-refractivity contribution in [1.29, 1.82) is 0 Å². The Hall–Kier alpha value is 0.230.